The summed E-state index contributed by atoms with van der Waals surface area (Å²) in [6.45, 7) is 0. The van der Waals surface area contributed by atoms with Crippen LogP contribution >= 0.6 is 23.2 Å². The number of methoxy groups -OCH3 is 1. The summed E-state index contributed by atoms with van der Waals surface area (Å²) in [6.07, 6.45) is 0.0862. The fraction of sp³-hybridized carbons (Fsp3) is 0.176. The van der Waals surface area contributed by atoms with Crippen LogP contribution in [0.15, 0.2) is 42.5 Å². The standard InChI is InChI=1S/C17H14Cl2FNO3/c1-24-17(23)15(8-10-6-7-11(18)9-13(10)19)21-16(22)12-4-2-3-5-14(12)20/h2-7,9,15H,8H2,1H3,(H,21,22)/t15-/m0/s1. The number of rotatable bonds is 5. The van der Waals surface area contributed by atoms with Gasteiger partial charge < -0.3 is 10.1 Å². The summed E-state index contributed by atoms with van der Waals surface area (Å²) >= 11 is 11.9. The lowest BCUT2D eigenvalue weighted by molar-refractivity contribution is -0.142. The highest BCUT2D eigenvalue weighted by molar-refractivity contribution is 6.35. The number of benzene rings is 2. The molecule has 126 valence electrons. The molecule has 2 aromatic rings. The molecule has 1 amide bonds. The van der Waals surface area contributed by atoms with Crippen molar-refractivity contribution in [3.8, 4) is 0 Å². The molecule has 0 aromatic heterocycles. The van der Waals surface area contributed by atoms with Gasteiger partial charge in [0.15, 0.2) is 0 Å². The third kappa shape index (κ3) is 4.46. The van der Waals surface area contributed by atoms with Gasteiger partial charge in [0.25, 0.3) is 5.91 Å². The molecule has 0 heterocycles. The van der Waals surface area contributed by atoms with E-state index in [2.05, 4.69) is 5.32 Å². The van der Waals surface area contributed by atoms with E-state index in [4.69, 9.17) is 27.9 Å². The van der Waals surface area contributed by atoms with Crippen LogP contribution in [0, 0.1) is 5.82 Å². The van der Waals surface area contributed by atoms with E-state index in [9.17, 15) is 14.0 Å². The Hall–Kier alpha value is -2.11. The van der Waals surface area contributed by atoms with Crippen LogP contribution in [0.1, 0.15) is 15.9 Å². The zero-order valence-electron chi connectivity index (χ0n) is 12.7. The van der Waals surface area contributed by atoms with Crippen molar-refractivity contribution in [2.45, 2.75) is 12.5 Å². The van der Waals surface area contributed by atoms with Gasteiger partial charge in [-0.15, -0.1) is 0 Å². The van der Waals surface area contributed by atoms with Crippen molar-refractivity contribution in [2.75, 3.05) is 7.11 Å². The summed E-state index contributed by atoms with van der Waals surface area (Å²) in [5.74, 6) is -2.05. The summed E-state index contributed by atoms with van der Waals surface area (Å²) in [5.41, 5.74) is 0.443. The average Bonchev–Trinajstić information content (AvgIpc) is 2.56. The Balaban J connectivity index is 2.21. The fourth-order valence-electron chi connectivity index (χ4n) is 2.12. The molecular weight excluding hydrogens is 356 g/mol. The van der Waals surface area contributed by atoms with Crippen molar-refractivity contribution in [1.82, 2.24) is 5.32 Å². The van der Waals surface area contributed by atoms with Gasteiger partial charge in [0, 0.05) is 16.5 Å². The first kappa shape index (κ1) is 18.2. The molecule has 0 spiro atoms. The number of nitrogens with one attached hydrogen (secondary N) is 1. The molecule has 0 aliphatic carbocycles. The number of halogens is 3. The Kier molecular flexibility index (Phi) is 6.17. The average molecular weight is 370 g/mol. The van der Waals surface area contributed by atoms with Crippen LogP contribution in [0.25, 0.3) is 0 Å². The lowest BCUT2D eigenvalue weighted by Gasteiger charge is -2.17. The van der Waals surface area contributed by atoms with Crippen LogP contribution in [-0.2, 0) is 16.0 Å². The SMILES string of the molecule is COC(=O)[C@H](Cc1ccc(Cl)cc1Cl)NC(=O)c1ccccc1F. The van der Waals surface area contributed by atoms with Crippen molar-refractivity contribution < 1.29 is 18.7 Å². The first-order valence-electron chi connectivity index (χ1n) is 6.99. The van der Waals surface area contributed by atoms with Crippen molar-refractivity contribution in [1.29, 1.82) is 0 Å². The van der Waals surface area contributed by atoms with E-state index >= 15 is 0 Å². The summed E-state index contributed by atoms with van der Waals surface area (Å²) in [5, 5.41) is 3.28. The van der Waals surface area contributed by atoms with E-state index in [1.54, 1.807) is 12.1 Å². The van der Waals surface area contributed by atoms with Gasteiger partial charge in [-0.1, -0.05) is 41.4 Å². The number of carbonyl (C=O) groups is 2. The lowest BCUT2D eigenvalue weighted by atomic mass is 10.0. The molecule has 0 radical (unpaired) electrons. The number of hydrogen-bond donors (Lipinski definition) is 1. The molecule has 0 bridgehead atoms. The molecule has 0 unspecified atom stereocenters. The molecule has 7 heteroatoms. The number of esters is 1. The normalized spacial score (nSPS) is 11.7. The second-order valence-corrected chi connectivity index (χ2v) is 5.81. The third-order valence-corrected chi connectivity index (χ3v) is 3.94. The van der Waals surface area contributed by atoms with Crippen LogP contribution in [0.4, 0.5) is 4.39 Å². The molecule has 2 aromatic carbocycles. The molecule has 1 atom stereocenters. The lowest BCUT2D eigenvalue weighted by Crippen LogP contribution is -2.43. The Morgan fingerprint density at radius 3 is 2.54 bits per heavy atom. The predicted molar refractivity (Wildman–Crippen MR) is 89.8 cm³/mol. The quantitative estimate of drug-likeness (QED) is 0.818. The third-order valence-electron chi connectivity index (χ3n) is 3.35. The topological polar surface area (TPSA) is 55.4 Å². The molecule has 2 rings (SSSR count). The number of hydrogen-bond acceptors (Lipinski definition) is 3. The van der Waals surface area contributed by atoms with E-state index in [0.717, 1.165) is 6.07 Å². The second kappa shape index (κ2) is 8.13. The highest BCUT2D eigenvalue weighted by atomic mass is 35.5. The zero-order chi connectivity index (χ0) is 17.7. The van der Waals surface area contributed by atoms with Gasteiger partial charge in [0.2, 0.25) is 0 Å². The van der Waals surface area contributed by atoms with Crippen LogP contribution < -0.4 is 5.32 Å². The summed E-state index contributed by atoms with van der Waals surface area (Å²) in [6, 6.07) is 9.28. The van der Waals surface area contributed by atoms with Gasteiger partial charge in [0.05, 0.1) is 12.7 Å². The molecule has 4 nitrogen and oxygen atoms in total. The Morgan fingerprint density at radius 1 is 1.21 bits per heavy atom. The summed E-state index contributed by atoms with van der Waals surface area (Å²) in [4.78, 5) is 24.2. The summed E-state index contributed by atoms with van der Waals surface area (Å²) in [7, 11) is 1.20. The maximum Gasteiger partial charge on any atom is 0.328 e. The second-order valence-electron chi connectivity index (χ2n) is 4.97. The van der Waals surface area contributed by atoms with Crippen molar-refractivity contribution in [3.63, 3.8) is 0 Å². The zero-order valence-corrected chi connectivity index (χ0v) is 14.2. The number of ether oxygens (including phenoxy) is 1. The van der Waals surface area contributed by atoms with Gasteiger partial charge >= 0.3 is 5.97 Å². The maximum absolute atomic E-state index is 13.7. The molecule has 24 heavy (non-hydrogen) atoms. The van der Waals surface area contributed by atoms with E-state index in [1.165, 1.54) is 31.4 Å². The van der Waals surface area contributed by atoms with E-state index in [1.807, 2.05) is 0 Å². The van der Waals surface area contributed by atoms with Crippen LogP contribution in [0.5, 0.6) is 0 Å². The minimum atomic E-state index is -1.01. The molecule has 0 fully saturated rings. The fourth-order valence-corrected chi connectivity index (χ4v) is 2.61. The largest absolute Gasteiger partial charge is 0.467 e. The van der Waals surface area contributed by atoms with Gasteiger partial charge in [-0.3, -0.25) is 4.79 Å². The van der Waals surface area contributed by atoms with Crippen LogP contribution in [0.3, 0.4) is 0 Å². The Labute approximate surface area is 148 Å². The van der Waals surface area contributed by atoms with E-state index in [0.29, 0.717) is 15.6 Å². The molecule has 0 aliphatic heterocycles. The van der Waals surface area contributed by atoms with Crippen molar-refractivity contribution in [2.24, 2.45) is 0 Å². The minimum Gasteiger partial charge on any atom is -0.467 e. The molecular formula is C17H14Cl2FNO3. The molecule has 0 aliphatic rings. The van der Waals surface area contributed by atoms with E-state index < -0.39 is 23.7 Å². The monoisotopic (exact) mass is 369 g/mol. The smallest absolute Gasteiger partial charge is 0.328 e. The maximum atomic E-state index is 13.7. The Morgan fingerprint density at radius 2 is 1.92 bits per heavy atom. The Bertz CT molecular complexity index is 767. The molecule has 1 N–H and O–H groups in total. The first-order valence-corrected chi connectivity index (χ1v) is 7.75. The molecule has 0 saturated heterocycles. The van der Waals surface area contributed by atoms with Gasteiger partial charge in [-0.2, -0.15) is 0 Å². The van der Waals surface area contributed by atoms with Gasteiger partial charge in [-0.05, 0) is 29.8 Å². The highest BCUT2D eigenvalue weighted by Crippen LogP contribution is 2.22. The van der Waals surface area contributed by atoms with Crippen molar-refractivity contribution in [3.05, 3.63) is 69.5 Å². The summed E-state index contributed by atoms with van der Waals surface area (Å²) < 4.78 is 18.4. The number of amides is 1. The highest BCUT2D eigenvalue weighted by Gasteiger charge is 2.24. The van der Waals surface area contributed by atoms with E-state index in [-0.39, 0.29) is 12.0 Å². The van der Waals surface area contributed by atoms with Gasteiger partial charge in [-0.25, -0.2) is 9.18 Å². The minimum absolute atomic E-state index is 0.0862. The van der Waals surface area contributed by atoms with Gasteiger partial charge in [0.1, 0.15) is 11.9 Å². The predicted octanol–water partition coefficient (Wildman–Crippen LogP) is 3.65. The molecule has 0 saturated carbocycles. The van der Waals surface area contributed by atoms with Crippen molar-refractivity contribution >= 4 is 35.1 Å². The number of carbonyl (C=O) groups excluding carboxylic acids is 2. The first-order chi connectivity index (χ1) is 11.4. The van der Waals surface area contributed by atoms with Crippen LogP contribution in [0.2, 0.25) is 10.0 Å². The van der Waals surface area contributed by atoms with Crippen LogP contribution in [-0.4, -0.2) is 25.0 Å².